The van der Waals surface area contributed by atoms with Crippen LogP contribution in [0.1, 0.15) is 12.8 Å². The van der Waals surface area contributed by atoms with Gasteiger partial charge in [-0.05, 0) is 6.42 Å². The zero-order chi connectivity index (χ0) is 61.1. The molecular weight excluding hydrogens is 1180 g/mol. The minimum atomic E-state index is -5.71. The second-order valence-electron chi connectivity index (χ2n) is 19.1. The van der Waals surface area contributed by atoms with Gasteiger partial charge in [-0.3, -0.25) is 14.8 Å². The van der Waals surface area contributed by atoms with Crippen molar-refractivity contribution >= 4 is 22.4 Å². The lowest BCUT2D eigenvalue weighted by Crippen LogP contribution is -2.67. The summed E-state index contributed by atoms with van der Waals surface area (Å²) < 4.78 is 91.3. The molecule has 6 aliphatic heterocycles. The van der Waals surface area contributed by atoms with Crippen LogP contribution in [0, 0.1) is 0 Å². The quantitative estimate of drug-likeness (QED) is 0.0107. The van der Waals surface area contributed by atoms with Gasteiger partial charge in [0.05, 0.1) is 62.8 Å². The van der Waals surface area contributed by atoms with Crippen LogP contribution in [0.15, 0.2) is 0 Å². The number of rotatable bonds is 24. The van der Waals surface area contributed by atoms with Gasteiger partial charge in [0.25, 0.3) is 0 Å². The third-order valence-electron chi connectivity index (χ3n) is 13.6. The molecule has 1 amide bonds. The molecule has 480 valence electrons. The topological polar surface area (TPSA) is 655 Å². The molecule has 0 aliphatic carbocycles. The van der Waals surface area contributed by atoms with Crippen LogP contribution in [-0.2, 0) is 80.2 Å². The fourth-order valence-corrected chi connectivity index (χ4v) is 9.42. The van der Waals surface area contributed by atoms with Crippen LogP contribution < -0.4 is 31.2 Å². The highest BCUT2D eigenvalue weighted by Crippen LogP contribution is 2.36. The zero-order valence-corrected chi connectivity index (χ0v) is 44.1. The number of phosphoric ester groups is 1. The summed E-state index contributed by atoms with van der Waals surface area (Å²) in [6.45, 7) is -6.29. The number of phosphoric acid groups is 1. The normalized spacial score (nSPS) is 45.7. The molecule has 12 unspecified atom stereocenters. The van der Waals surface area contributed by atoms with Gasteiger partial charge in [-0.15, -0.1) is 0 Å². The summed E-state index contributed by atoms with van der Waals surface area (Å²) in [5, 5.41) is 194. The number of hydrogen-bond acceptors (Lipinski definition) is 39. The largest absolute Gasteiger partial charge is 0.790 e. The predicted molar refractivity (Wildman–Crippen MR) is 237 cm³/mol. The Morgan fingerprint density at radius 3 is 1.30 bits per heavy atom. The highest BCUT2D eigenvalue weighted by Gasteiger charge is 2.56. The Morgan fingerprint density at radius 1 is 0.476 bits per heavy atom. The summed E-state index contributed by atoms with van der Waals surface area (Å²) in [4.78, 5) is 46.2. The lowest BCUT2D eigenvalue weighted by molar-refractivity contribution is -0.692. The summed E-state index contributed by atoms with van der Waals surface area (Å²) in [5.41, 5.74) is 1.89. The minimum Gasteiger partial charge on any atom is -0.790 e. The van der Waals surface area contributed by atoms with Crippen LogP contribution in [0.3, 0.4) is 0 Å². The highest BCUT2D eigenvalue weighted by atomic mass is 31.2. The number of nitrogens with two attached hydrogens (primary N) is 1. The first-order chi connectivity index (χ1) is 38.7. The van der Waals surface area contributed by atoms with E-state index in [1.165, 1.54) is 0 Å². The van der Waals surface area contributed by atoms with Crippen molar-refractivity contribution in [3.63, 3.8) is 0 Å². The van der Waals surface area contributed by atoms with Gasteiger partial charge in [-0.1, -0.05) is 0 Å². The number of amides is 1. The molecule has 6 rings (SSSR count). The molecule has 82 heavy (non-hydrogen) atoms. The van der Waals surface area contributed by atoms with Crippen LogP contribution in [0.2, 0.25) is 0 Å². The van der Waals surface area contributed by atoms with Crippen LogP contribution in [0.5, 0.6) is 0 Å². The molecule has 0 saturated carbocycles. The van der Waals surface area contributed by atoms with Crippen molar-refractivity contribution in [2.75, 3.05) is 46.2 Å². The molecule has 6 saturated heterocycles. The third kappa shape index (κ3) is 17.8. The van der Waals surface area contributed by atoms with Crippen LogP contribution >= 0.6 is 16.5 Å². The van der Waals surface area contributed by atoms with Crippen molar-refractivity contribution < 1.29 is 187 Å². The number of aliphatic hydroxyl groups excluding tert-OH is 17. The van der Waals surface area contributed by atoms with E-state index in [2.05, 4.69) is 9.41 Å². The molecule has 0 aromatic rings. The maximum atomic E-state index is 11.8. The van der Waals surface area contributed by atoms with Crippen molar-refractivity contribution in [2.24, 2.45) is 5.84 Å². The van der Waals surface area contributed by atoms with Gasteiger partial charge in [0.1, 0.15) is 146 Å². The zero-order valence-electron chi connectivity index (χ0n) is 42.3. The van der Waals surface area contributed by atoms with E-state index in [1.807, 2.05) is 5.43 Å². The summed E-state index contributed by atoms with van der Waals surface area (Å²) >= 11 is 0. The molecule has 0 spiro atoms. The van der Waals surface area contributed by atoms with Gasteiger partial charge >= 0.3 is 0 Å². The Morgan fingerprint density at radius 2 is 0.841 bits per heavy atom. The first-order valence-electron chi connectivity index (χ1n) is 24.7. The van der Waals surface area contributed by atoms with Gasteiger partial charge in [0.15, 0.2) is 37.7 Å². The van der Waals surface area contributed by atoms with E-state index < -0.39 is 246 Å². The number of ether oxygens (including phenoxy) is 12. The van der Waals surface area contributed by atoms with Crippen LogP contribution in [0.25, 0.3) is 0 Å². The monoisotopic (exact) mass is 1250 g/mol. The Kier molecular flexibility index (Phi) is 28.2. The summed E-state index contributed by atoms with van der Waals surface area (Å²) in [6, 6.07) is 0. The second-order valence-corrected chi connectivity index (χ2v) is 20.4. The van der Waals surface area contributed by atoms with E-state index in [1.54, 1.807) is 0 Å². The predicted octanol–water partition coefficient (Wildman–Crippen LogP) is -16.6. The van der Waals surface area contributed by atoms with Gasteiger partial charge in [-0.2, -0.15) is 0 Å². The number of nitrogens with one attached hydrogen (secondary N) is 1. The molecule has 0 radical (unpaired) electrons. The van der Waals surface area contributed by atoms with Crippen molar-refractivity contribution in [2.45, 2.75) is 197 Å². The maximum absolute atomic E-state index is 11.8. The first kappa shape index (κ1) is 71.1. The average Bonchev–Trinajstić information content (AvgIpc) is 3.50. The standard InChI is InChI=1S/C40H71N2O36P.HO2P/c41-42-16(45)2-1-3-65-36-31(60)32(76-40-34(27(56)18(47)11(5-44)71-40)78-38-30(59)25(54)21(50)15(75-38)9-69-79(62,63)64)22(51)13(73-36)7-66-35-28(57)23(52)19(48)12(72-35)6-67-39-33(26(55)17(46)10(4-43)70-39)77-37-29(58)24(53)20(49)14(74-37)8-68-61;1-3-2/h10-15,17-40,43-44,46-61H,1-9,41H2,(H,42,45)(H2,62,63,64);(H,1,2)/p-4/t10?,11?,12?,13?,14?,15?,17-,18-,19-,20-,21-,22-,23+,24+,25+,26+,27+,28?,29?,30?,31?,32+,33?,34?,35+,36-,37-,38-,39+,40-;/m1./s1. The minimum absolute atomic E-state index is 0.0704. The van der Waals surface area contributed by atoms with Gasteiger partial charge < -0.3 is 178 Å². The maximum Gasteiger partial charge on any atom is 0.233 e. The van der Waals surface area contributed by atoms with E-state index in [4.69, 9.17) is 72.1 Å². The van der Waals surface area contributed by atoms with E-state index in [9.17, 15) is 111 Å². The van der Waals surface area contributed by atoms with Crippen LogP contribution in [0.4, 0.5) is 0 Å². The molecule has 0 aromatic heterocycles. The molecule has 0 aromatic carbocycles. The van der Waals surface area contributed by atoms with Crippen LogP contribution in [-0.4, -0.2) is 323 Å². The number of carbonyl (C=O) groups excluding carboxylic acids is 1. The summed E-state index contributed by atoms with van der Waals surface area (Å²) in [7, 11) is -6.80. The third-order valence-corrected chi connectivity index (χ3v) is 14.1. The molecular formula is C40H68N2O38P2-4. The Labute approximate surface area is 463 Å². The lowest BCUT2D eigenvalue weighted by atomic mass is 9.96. The lowest BCUT2D eigenvalue weighted by Gasteiger charge is -2.49. The van der Waals surface area contributed by atoms with Crippen molar-refractivity contribution in [3.8, 4) is 0 Å². The molecule has 40 nitrogen and oxygen atoms in total. The molecule has 6 fully saturated rings. The fourth-order valence-electron chi connectivity index (χ4n) is 9.09. The van der Waals surface area contributed by atoms with Gasteiger partial charge in [-0.25, -0.2) is 5.84 Å². The first-order valence-corrected chi connectivity index (χ1v) is 26.9. The van der Waals surface area contributed by atoms with Gasteiger partial charge in [0, 0.05) is 6.42 Å². The molecule has 30 atom stereocenters. The SMILES string of the molecule is NNC(=O)CCCO[C@@H]1OC(CO[C@H]2OC(CO[C@H]3OC(CO)[C@@H](O)[C@H](O)C3O[C@H]3OC(CO[O-])[C@@H](O)[C@H](O)C3O)[C@@H](O)[C@H](O)C2O)[C@@H](O)[C@H](O[C@H]2OC(CO)[C@@H](O)[C@H](O)C2O[C@H]2OC(COP(=O)([O-])[O-])[C@@H](O)[C@H](O)C2O)C1O.O=P[O-]. The molecule has 42 heteroatoms. The Balaban J connectivity index is 0.00000402. The molecule has 6 aliphatic rings. The number of carbonyl (C=O) groups is 1. The van der Waals surface area contributed by atoms with E-state index in [-0.39, 0.29) is 19.4 Å². The highest BCUT2D eigenvalue weighted by molar-refractivity contribution is 7.43. The van der Waals surface area contributed by atoms with Crippen molar-refractivity contribution in [1.82, 2.24) is 5.43 Å². The Hall–Kier alpha value is -1.64. The van der Waals surface area contributed by atoms with E-state index in [0.717, 1.165) is 0 Å². The number of aliphatic hydroxyl groups is 17. The Bertz CT molecular complexity index is 1960. The van der Waals surface area contributed by atoms with Gasteiger partial charge in [0.2, 0.25) is 5.91 Å². The fraction of sp³-hybridized carbons (Fsp3) is 0.975. The summed E-state index contributed by atoms with van der Waals surface area (Å²) in [6.07, 6.45) is -60.4. The smallest absolute Gasteiger partial charge is 0.233 e. The second kappa shape index (κ2) is 32.5. The van der Waals surface area contributed by atoms with Crippen molar-refractivity contribution in [3.05, 3.63) is 0 Å². The van der Waals surface area contributed by atoms with E-state index in [0.29, 0.717) is 0 Å². The summed E-state index contributed by atoms with van der Waals surface area (Å²) in [5.74, 6) is 4.50. The molecule has 0 bridgehead atoms. The van der Waals surface area contributed by atoms with Crippen molar-refractivity contribution in [1.29, 1.82) is 0 Å². The molecule has 6 heterocycles. The average molecular weight is 1250 g/mol. The number of hydrazine groups is 1. The molecule has 20 N–H and O–H groups in total. The van der Waals surface area contributed by atoms with E-state index >= 15 is 0 Å². The number of hydrogen-bond donors (Lipinski definition) is 19.